The van der Waals surface area contributed by atoms with Crippen molar-refractivity contribution in [2.45, 2.75) is 18.8 Å². The fourth-order valence-corrected chi connectivity index (χ4v) is 4.28. The first kappa shape index (κ1) is 13.9. The first-order valence-electron chi connectivity index (χ1n) is 7.48. The van der Waals surface area contributed by atoms with Crippen molar-refractivity contribution in [1.29, 1.82) is 0 Å². The summed E-state index contributed by atoms with van der Waals surface area (Å²) in [7, 11) is 3.29. The number of ether oxygens (including phenoxy) is 2. The highest BCUT2D eigenvalue weighted by atomic mass is 79.9. The molecule has 2 aromatic rings. The Bertz CT molecular complexity index is 720. The van der Waals surface area contributed by atoms with Crippen LogP contribution >= 0.6 is 15.9 Å². The van der Waals surface area contributed by atoms with Crippen LogP contribution < -0.4 is 14.4 Å². The summed E-state index contributed by atoms with van der Waals surface area (Å²) in [5.74, 6) is 2.04. The summed E-state index contributed by atoms with van der Waals surface area (Å²) < 4.78 is 11.7. The fraction of sp³-hybridized carbons (Fsp3) is 0.438. The summed E-state index contributed by atoms with van der Waals surface area (Å²) in [5, 5.41) is 7.87. The van der Waals surface area contributed by atoms with E-state index in [0.29, 0.717) is 17.4 Å². The van der Waals surface area contributed by atoms with Gasteiger partial charge in [0.15, 0.2) is 11.5 Å². The van der Waals surface area contributed by atoms with Gasteiger partial charge in [0.05, 0.1) is 30.1 Å². The number of nitrogens with one attached hydrogen (secondary N) is 1. The molecule has 0 saturated carbocycles. The van der Waals surface area contributed by atoms with Crippen molar-refractivity contribution in [3.05, 3.63) is 22.3 Å². The molecular formula is C16H18BrN3O2. The van der Waals surface area contributed by atoms with Gasteiger partial charge in [-0.05, 0) is 40.9 Å². The van der Waals surface area contributed by atoms with Gasteiger partial charge in [-0.25, -0.2) is 0 Å². The van der Waals surface area contributed by atoms with E-state index >= 15 is 0 Å². The lowest BCUT2D eigenvalue weighted by molar-refractivity contribution is 0.353. The molecule has 5 nitrogen and oxygen atoms in total. The van der Waals surface area contributed by atoms with E-state index in [4.69, 9.17) is 9.47 Å². The number of H-pyrrole nitrogens is 1. The molecule has 1 fully saturated rings. The van der Waals surface area contributed by atoms with Gasteiger partial charge in [0, 0.05) is 24.6 Å². The van der Waals surface area contributed by atoms with Crippen LogP contribution in [0, 0.1) is 0 Å². The van der Waals surface area contributed by atoms with Gasteiger partial charge in [-0.2, -0.15) is 5.10 Å². The number of aromatic amines is 1. The third-order valence-electron chi connectivity index (χ3n) is 4.73. The van der Waals surface area contributed by atoms with Crippen LogP contribution in [-0.2, 0) is 0 Å². The van der Waals surface area contributed by atoms with Gasteiger partial charge in [0.2, 0.25) is 0 Å². The van der Waals surface area contributed by atoms with E-state index < -0.39 is 0 Å². The third-order valence-corrected chi connectivity index (χ3v) is 5.51. The van der Waals surface area contributed by atoms with Crippen molar-refractivity contribution in [3.63, 3.8) is 0 Å². The maximum Gasteiger partial charge on any atom is 0.175 e. The zero-order chi connectivity index (χ0) is 15.3. The van der Waals surface area contributed by atoms with Crippen LogP contribution in [0.5, 0.6) is 11.5 Å². The Kier molecular flexibility index (Phi) is 3.29. The van der Waals surface area contributed by atoms with E-state index in [-0.39, 0.29) is 0 Å². The number of aromatic nitrogens is 2. The van der Waals surface area contributed by atoms with E-state index in [1.54, 1.807) is 14.2 Å². The van der Waals surface area contributed by atoms with Gasteiger partial charge >= 0.3 is 0 Å². The number of hydrogen-bond donors (Lipinski definition) is 1. The second-order valence-corrected chi connectivity index (χ2v) is 6.55. The molecule has 22 heavy (non-hydrogen) atoms. The van der Waals surface area contributed by atoms with Crippen molar-refractivity contribution >= 4 is 21.6 Å². The number of fused-ring (bicyclic) bond motifs is 2. The Labute approximate surface area is 137 Å². The van der Waals surface area contributed by atoms with Crippen molar-refractivity contribution in [2.75, 3.05) is 32.2 Å². The van der Waals surface area contributed by atoms with Gasteiger partial charge in [-0.15, -0.1) is 0 Å². The predicted molar refractivity (Wildman–Crippen MR) is 89.0 cm³/mol. The molecule has 2 bridgehead atoms. The zero-order valence-corrected chi connectivity index (χ0v) is 14.2. The van der Waals surface area contributed by atoms with E-state index in [9.17, 15) is 0 Å². The number of nitrogens with zero attached hydrogens (tertiary/aromatic N) is 2. The zero-order valence-electron chi connectivity index (χ0n) is 12.6. The number of benzene rings is 1. The van der Waals surface area contributed by atoms with Gasteiger partial charge in [-0.1, -0.05) is 0 Å². The average Bonchev–Trinajstić information content (AvgIpc) is 3.02. The Morgan fingerprint density at radius 2 is 2.00 bits per heavy atom. The van der Waals surface area contributed by atoms with Crippen molar-refractivity contribution in [1.82, 2.24) is 10.2 Å². The van der Waals surface area contributed by atoms with Crippen LogP contribution in [0.25, 0.3) is 11.3 Å². The minimum atomic E-state index is 0.625. The van der Waals surface area contributed by atoms with Crippen molar-refractivity contribution in [2.24, 2.45) is 0 Å². The van der Waals surface area contributed by atoms with Crippen LogP contribution in [-0.4, -0.2) is 37.5 Å². The highest BCUT2D eigenvalue weighted by Gasteiger charge is 2.35. The topological polar surface area (TPSA) is 50.4 Å². The summed E-state index contributed by atoms with van der Waals surface area (Å²) >= 11 is 3.66. The highest BCUT2D eigenvalue weighted by molar-refractivity contribution is 9.10. The van der Waals surface area contributed by atoms with Crippen molar-refractivity contribution in [3.8, 4) is 22.8 Å². The molecule has 3 aliphatic heterocycles. The van der Waals surface area contributed by atoms with E-state index in [1.807, 2.05) is 12.1 Å². The molecule has 0 aliphatic carbocycles. The second-order valence-electron chi connectivity index (χ2n) is 5.76. The van der Waals surface area contributed by atoms with Crippen LogP contribution in [0.1, 0.15) is 24.5 Å². The summed E-state index contributed by atoms with van der Waals surface area (Å²) in [6.07, 6.45) is 2.45. The Hall–Kier alpha value is -1.69. The number of methoxy groups -OCH3 is 2. The Balaban J connectivity index is 1.88. The molecule has 116 valence electrons. The monoisotopic (exact) mass is 363 g/mol. The summed E-state index contributed by atoms with van der Waals surface area (Å²) in [6.45, 7) is 2.24. The molecule has 0 unspecified atom stereocenters. The first-order chi connectivity index (χ1) is 10.7. The molecule has 1 N–H and O–H groups in total. The molecule has 0 amide bonds. The number of piperidine rings is 1. The minimum absolute atomic E-state index is 0.625. The summed E-state index contributed by atoms with van der Waals surface area (Å²) in [4.78, 5) is 2.44. The highest BCUT2D eigenvalue weighted by Crippen LogP contribution is 2.49. The fourth-order valence-electron chi connectivity index (χ4n) is 3.61. The molecule has 1 aromatic heterocycles. The number of hydrogen-bond acceptors (Lipinski definition) is 4. The van der Waals surface area contributed by atoms with Gasteiger partial charge in [-0.3, -0.25) is 5.10 Å². The average molecular weight is 364 g/mol. The summed E-state index contributed by atoms with van der Waals surface area (Å²) in [5.41, 5.74) is 4.57. The number of rotatable bonds is 3. The lowest BCUT2D eigenvalue weighted by atomic mass is 9.86. The molecule has 3 aliphatic rings. The second kappa shape index (κ2) is 5.19. The number of anilines is 1. The maximum atomic E-state index is 5.49. The molecule has 4 heterocycles. The van der Waals surface area contributed by atoms with Crippen LogP contribution in [0.15, 0.2) is 16.6 Å². The van der Waals surface area contributed by atoms with Gasteiger partial charge < -0.3 is 14.4 Å². The maximum absolute atomic E-state index is 5.49. The summed E-state index contributed by atoms with van der Waals surface area (Å²) in [6, 6.07) is 3.96. The van der Waals surface area contributed by atoms with E-state index in [2.05, 4.69) is 31.0 Å². The molecule has 0 radical (unpaired) electrons. The largest absolute Gasteiger partial charge is 0.493 e. The Morgan fingerprint density at radius 3 is 2.68 bits per heavy atom. The Morgan fingerprint density at radius 1 is 1.23 bits per heavy atom. The molecule has 5 rings (SSSR count). The smallest absolute Gasteiger partial charge is 0.175 e. The van der Waals surface area contributed by atoms with Crippen LogP contribution in [0.4, 0.5) is 5.69 Å². The molecular weight excluding hydrogens is 346 g/mol. The molecule has 1 aromatic carbocycles. The third kappa shape index (κ3) is 1.86. The minimum Gasteiger partial charge on any atom is -0.493 e. The standard InChI is InChI=1S/C16H18BrN3O2/c1-21-11-4-3-10(12(17)16(11)22-2)14-15-13(18-19-14)9-5-7-20(15)8-6-9/h3-4,9H,5-8H2,1-2H3,(H,18,19). The van der Waals surface area contributed by atoms with E-state index in [1.165, 1.54) is 24.2 Å². The molecule has 6 heteroatoms. The van der Waals surface area contributed by atoms with Gasteiger partial charge in [0.1, 0.15) is 5.69 Å². The lowest BCUT2D eigenvalue weighted by Crippen LogP contribution is -2.38. The normalized spacial score (nSPS) is 16.8. The molecule has 0 spiro atoms. The van der Waals surface area contributed by atoms with Crippen molar-refractivity contribution < 1.29 is 9.47 Å². The van der Waals surface area contributed by atoms with Crippen LogP contribution in [0.3, 0.4) is 0 Å². The quantitative estimate of drug-likeness (QED) is 0.905. The molecule has 1 saturated heterocycles. The number of halogens is 1. The van der Waals surface area contributed by atoms with Gasteiger partial charge in [0.25, 0.3) is 0 Å². The SMILES string of the molecule is COc1ccc(-c2n[nH]c3c2N2CCC3CC2)c(Br)c1OC. The molecule has 0 atom stereocenters. The lowest BCUT2D eigenvalue weighted by Gasteiger charge is -2.40. The predicted octanol–water partition coefficient (Wildman–Crippen LogP) is 3.55. The van der Waals surface area contributed by atoms with Crippen LogP contribution in [0.2, 0.25) is 0 Å². The first-order valence-corrected chi connectivity index (χ1v) is 8.28. The van der Waals surface area contributed by atoms with E-state index in [0.717, 1.165) is 28.8 Å².